The summed E-state index contributed by atoms with van der Waals surface area (Å²) >= 11 is 6.02. The number of anilines is 1. The molecule has 1 unspecified atom stereocenters. The molecule has 1 aromatic heterocycles. The molecule has 12 heteroatoms. The molecule has 30 heavy (non-hydrogen) atoms. The number of nitrogens with one attached hydrogen (secondary N) is 2. The molecule has 1 atom stereocenters. The number of rotatable bonds is 4. The predicted octanol–water partition coefficient (Wildman–Crippen LogP) is 3.46. The summed E-state index contributed by atoms with van der Waals surface area (Å²) in [5.41, 5.74) is -1.46. The molecule has 0 bridgehead atoms. The van der Waals surface area contributed by atoms with Crippen LogP contribution in [0, 0.1) is 0 Å². The molecule has 0 saturated carbocycles. The molecule has 2 N–H and O–H groups in total. The fourth-order valence-corrected chi connectivity index (χ4v) is 3.10. The molecule has 0 aliphatic carbocycles. The normalized spacial score (nSPS) is 17.4. The number of nitrogens with zero attached hydrogens (tertiary/aromatic N) is 3. The molecule has 7 nitrogen and oxygen atoms in total. The van der Waals surface area contributed by atoms with E-state index in [1.54, 1.807) is 32.7 Å². The molecular weight excluding hydrogens is 538 g/mol. The maximum absolute atomic E-state index is 12.8. The van der Waals surface area contributed by atoms with Crippen molar-refractivity contribution in [3.05, 3.63) is 22.8 Å². The zero-order chi connectivity index (χ0) is 21.8. The topological polar surface area (TPSA) is 78.8 Å². The van der Waals surface area contributed by atoms with Crippen molar-refractivity contribution in [3.63, 3.8) is 0 Å². The second kappa shape index (κ2) is 10.7. The summed E-state index contributed by atoms with van der Waals surface area (Å²) in [6.45, 7) is 6.35. The zero-order valence-corrected chi connectivity index (χ0v) is 20.2. The Labute approximate surface area is 195 Å². The van der Waals surface area contributed by atoms with Gasteiger partial charge in [0.2, 0.25) is 0 Å². The highest BCUT2D eigenvalue weighted by atomic mass is 127. The van der Waals surface area contributed by atoms with E-state index in [1.165, 1.54) is 0 Å². The number of hydrogen-bond acceptors (Lipinski definition) is 5. The van der Waals surface area contributed by atoms with Crippen LogP contribution in [-0.2, 0) is 15.7 Å². The molecule has 0 radical (unpaired) electrons. The Bertz CT molecular complexity index is 771. The van der Waals surface area contributed by atoms with E-state index in [0.717, 1.165) is 12.3 Å². The van der Waals surface area contributed by atoms with Crippen molar-refractivity contribution >= 4 is 53.3 Å². The lowest BCUT2D eigenvalue weighted by molar-refractivity contribution is -0.153. The van der Waals surface area contributed by atoms with Crippen molar-refractivity contribution in [2.24, 2.45) is 4.99 Å². The molecule has 1 aliphatic heterocycles. The zero-order valence-electron chi connectivity index (χ0n) is 17.1. The van der Waals surface area contributed by atoms with Crippen LogP contribution in [0.5, 0.6) is 0 Å². The average molecular weight is 564 g/mol. The van der Waals surface area contributed by atoms with Crippen molar-refractivity contribution in [1.29, 1.82) is 0 Å². The van der Waals surface area contributed by atoms with E-state index < -0.39 is 23.3 Å². The van der Waals surface area contributed by atoms with Crippen molar-refractivity contribution in [2.45, 2.75) is 45.0 Å². The number of carbonyl (C=O) groups is 1. The molecule has 1 aromatic rings. The number of aliphatic imine (C=N–C) groups is 1. The van der Waals surface area contributed by atoms with Crippen molar-refractivity contribution in [1.82, 2.24) is 15.6 Å². The van der Waals surface area contributed by atoms with E-state index in [2.05, 4.69) is 20.6 Å². The quantitative estimate of drug-likeness (QED) is 0.253. The van der Waals surface area contributed by atoms with Crippen molar-refractivity contribution in [3.8, 4) is 0 Å². The smallest absolute Gasteiger partial charge is 0.417 e. The highest BCUT2D eigenvalue weighted by Crippen LogP contribution is 2.34. The number of carbonyl (C=O) groups excluding carboxylic acids is 1. The van der Waals surface area contributed by atoms with Gasteiger partial charge in [0.1, 0.15) is 18.0 Å². The van der Waals surface area contributed by atoms with Crippen LogP contribution in [0.3, 0.4) is 0 Å². The number of aromatic nitrogens is 1. The van der Waals surface area contributed by atoms with Gasteiger partial charge in [-0.1, -0.05) is 11.6 Å². The second-order valence-corrected chi connectivity index (χ2v) is 8.02. The van der Waals surface area contributed by atoms with Gasteiger partial charge in [0.15, 0.2) is 5.96 Å². The number of guanidine groups is 1. The number of esters is 1. The summed E-state index contributed by atoms with van der Waals surface area (Å²) in [6, 6.07) is 0.839. The molecule has 0 spiro atoms. The molecule has 1 aliphatic rings. The summed E-state index contributed by atoms with van der Waals surface area (Å²) in [7, 11) is 1.57. The van der Waals surface area contributed by atoms with Crippen LogP contribution >= 0.6 is 35.6 Å². The molecule has 170 valence electrons. The number of hydrogen-bond donors (Lipinski definition) is 2. The van der Waals surface area contributed by atoms with Crippen LogP contribution in [0.2, 0.25) is 5.02 Å². The van der Waals surface area contributed by atoms with Gasteiger partial charge in [-0.25, -0.2) is 4.98 Å². The lowest BCUT2D eigenvalue weighted by atomic mass is 10.2. The molecule has 0 aromatic carbocycles. The summed E-state index contributed by atoms with van der Waals surface area (Å²) in [6.07, 6.45) is -3.01. The molecule has 1 saturated heterocycles. The van der Waals surface area contributed by atoms with Crippen LogP contribution in [0.25, 0.3) is 0 Å². The Morgan fingerprint density at radius 1 is 1.40 bits per heavy atom. The predicted molar refractivity (Wildman–Crippen MR) is 121 cm³/mol. The number of pyridine rings is 1. The Balaban J connectivity index is 0.00000450. The van der Waals surface area contributed by atoms with Crippen LogP contribution in [0.1, 0.15) is 32.8 Å². The van der Waals surface area contributed by atoms with Crippen molar-refractivity contribution < 1.29 is 22.7 Å². The first-order chi connectivity index (χ1) is 13.4. The Kier molecular flexibility index (Phi) is 9.46. The van der Waals surface area contributed by atoms with E-state index in [9.17, 15) is 18.0 Å². The average Bonchev–Trinajstić information content (AvgIpc) is 3.04. The van der Waals surface area contributed by atoms with Gasteiger partial charge in [-0.05, 0) is 33.3 Å². The molecule has 2 heterocycles. The summed E-state index contributed by atoms with van der Waals surface area (Å²) in [5, 5.41) is 6.02. The highest BCUT2D eigenvalue weighted by Gasteiger charge is 2.33. The Hall–Kier alpha value is -1.50. The van der Waals surface area contributed by atoms with Gasteiger partial charge in [0.05, 0.1) is 10.6 Å². The van der Waals surface area contributed by atoms with Gasteiger partial charge in [-0.2, -0.15) is 13.2 Å². The third-order valence-corrected chi connectivity index (χ3v) is 4.30. The monoisotopic (exact) mass is 563 g/mol. The van der Waals surface area contributed by atoms with Crippen LogP contribution in [-0.4, -0.2) is 55.2 Å². The van der Waals surface area contributed by atoms with Gasteiger partial charge in [0.25, 0.3) is 0 Å². The maximum Gasteiger partial charge on any atom is 0.417 e. The van der Waals surface area contributed by atoms with Crippen LogP contribution in [0.4, 0.5) is 19.0 Å². The molecule has 0 amide bonds. The third kappa shape index (κ3) is 7.97. The molecular formula is C18H26ClF3IN5O2. The molecule has 1 fully saturated rings. The fourth-order valence-electron chi connectivity index (χ4n) is 2.81. The SMILES string of the molecule is CN=C(NCC(=O)OC(C)(C)C)NC1CCN(c2ncc(C(F)(F)F)cc2Cl)C1.I. The van der Waals surface area contributed by atoms with Gasteiger partial charge in [-0.15, -0.1) is 24.0 Å². The lowest BCUT2D eigenvalue weighted by Crippen LogP contribution is -2.46. The Morgan fingerprint density at radius 2 is 2.07 bits per heavy atom. The summed E-state index contributed by atoms with van der Waals surface area (Å²) in [4.78, 5) is 21.6. The number of alkyl halides is 3. The van der Waals surface area contributed by atoms with Crippen molar-refractivity contribution in [2.75, 3.05) is 31.6 Å². The van der Waals surface area contributed by atoms with Gasteiger partial charge in [0, 0.05) is 32.4 Å². The van der Waals surface area contributed by atoms with Gasteiger partial charge in [-0.3, -0.25) is 9.79 Å². The van der Waals surface area contributed by atoms with E-state index >= 15 is 0 Å². The molecule has 2 rings (SSSR count). The first kappa shape index (κ1) is 26.5. The third-order valence-electron chi connectivity index (χ3n) is 4.02. The highest BCUT2D eigenvalue weighted by molar-refractivity contribution is 14.0. The minimum atomic E-state index is -4.49. The van der Waals surface area contributed by atoms with Gasteiger partial charge < -0.3 is 20.3 Å². The fraction of sp³-hybridized carbons (Fsp3) is 0.611. The van der Waals surface area contributed by atoms with E-state index in [0.29, 0.717) is 31.3 Å². The number of ether oxygens (including phenoxy) is 1. The van der Waals surface area contributed by atoms with E-state index in [4.69, 9.17) is 16.3 Å². The summed E-state index contributed by atoms with van der Waals surface area (Å²) in [5.74, 6) is 0.323. The largest absolute Gasteiger partial charge is 0.459 e. The van der Waals surface area contributed by atoms with Crippen LogP contribution < -0.4 is 15.5 Å². The maximum atomic E-state index is 12.8. The second-order valence-electron chi connectivity index (χ2n) is 7.62. The minimum absolute atomic E-state index is 0. The lowest BCUT2D eigenvalue weighted by Gasteiger charge is -2.22. The first-order valence-electron chi connectivity index (χ1n) is 9.06. The van der Waals surface area contributed by atoms with Gasteiger partial charge >= 0.3 is 12.1 Å². The van der Waals surface area contributed by atoms with E-state index in [1.807, 2.05) is 0 Å². The minimum Gasteiger partial charge on any atom is -0.459 e. The first-order valence-corrected chi connectivity index (χ1v) is 9.43. The van der Waals surface area contributed by atoms with E-state index in [-0.39, 0.29) is 41.6 Å². The van der Waals surface area contributed by atoms with Crippen LogP contribution in [0.15, 0.2) is 17.3 Å². The standard InChI is InChI=1S/C18H25ClF3N5O2.HI/c1-17(2,3)29-14(28)9-25-16(23-4)26-12-5-6-27(10-12)15-13(19)7-11(8-24-15)18(20,21)22;/h7-8,12H,5-6,9-10H2,1-4H3,(H2,23,25,26);1H. The number of halogens is 5. The Morgan fingerprint density at radius 3 is 2.60 bits per heavy atom. The summed E-state index contributed by atoms with van der Waals surface area (Å²) < 4.78 is 43.5.